The monoisotopic (exact) mass is 247 g/mol. The maximum Gasteiger partial charge on any atom is 0.123 e. The van der Waals surface area contributed by atoms with Crippen LogP contribution >= 0.6 is 0 Å². The predicted octanol–water partition coefficient (Wildman–Crippen LogP) is 3.48. The Balaban J connectivity index is 2.01. The first-order valence-electron chi connectivity index (χ1n) is 6.27. The third-order valence-corrected chi connectivity index (χ3v) is 3.18. The van der Waals surface area contributed by atoms with Gasteiger partial charge in [0.15, 0.2) is 0 Å². The van der Waals surface area contributed by atoms with E-state index in [-0.39, 0.29) is 5.82 Å². The maximum absolute atomic E-state index is 12.9. The Labute approximate surface area is 107 Å². The van der Waals surface area contributed by atoms with Crippen molar-refractivity contribution in [3.8, 4) is 0 Å². The van der Waals surface area contributed by atoms with Crippen molar-refractivity contribution >= 4 is 0 Å². The molecule has 96 valence electrons. The molecule has 0 radical (unpaired) electrons. The molecule has 2 N–H and O–H groups in total. The molecule has 0 aliphatic rings. The molecule has 2 nitrogen and oxygen atoms in total. The molecule has 0 fully saturated rings. The second-order valence-electron chi connectivity index (χ2n) is 4.44. The highest BCUT2D eigenvalue weighted by atomic mass is 19.1. The van der Waals surface area contributed by atoms with E-state index in [0.29, 0.717) is 12.5 Å². The van der Waals surface area contributed by atoms with Gasteiger partial charge in [-0.1, -0.05) is 12.1 Å². The Morgan fingerprint density at radius 1 is 1.11 bits per heavy atom. The summed E-state index contributed by atoms with van der Waals surface area (Å²) in [6, 6.07) is 10.6. The summed E-state index contributed by atoms with van der Waals surface area (Å²) in [5.41, 5.74) is 6.79. The van der Waals surface area contributed by atoms with Crippen LogP contribution in [0.2, 0.25) is 0 Å². The van der Waals surface area contributed by atoms with Gasteiger partial charge in [0.1, 0.15) is 11.6 Å². The average Bonchev–Trinajstić information content (AvgIpc) is 2.89. The molecular formula is C15H18FNO. The first-order valence-corrected chi connectivity index (χ1v) is 6.27. The smallest absolute Gasteiger partial charge is 0.123 e. The quantitative estimate of drug-likeness (QED) is 0.848. The van der Waals surface area contributed by atoms with Crippen LogP contribution in [0.1, 0.15) is 30.1 Å². The number of aryl methyl sites for hydroxylation is 1. The summed E-state index contributed by atoms with van der Waals surface area (Å²) in [6.07, 6.45) is 4.45. The van der Waals surface area contributed by atoms with Crippen LogP contribution in [0, 0.1) is 5.82 Å². The molecular weight excluding hydrogens is 229 g/mol. The van der Waals surface area contributed by atoms with Crippen LogP contribution < -0.4 is 5.73 Å². The fraction of sp³-hybridized carbons (Fsp3) is 0.333. The van der Waals surface area contributed by atoms with Gasteiger partial charge in [-0.15, -0.1) is 0 Å². The lowest BCUT2D eigenvalue weighted by Gasteiger charge is -2.15. The number of benzene rings is 1. The van der Waals surface area contributed by atoms with E-state index < -0.39 is 0 Å². The van der Waals surface area contributed by atoms with Gasteiger partial charge in [0.2, 0.25) is 0 Å². The zero-order chi connectivity index (χ0) is 12.8. The largest absolute Gasteiger partial charge is 0.469 e. The third kappa shape index (κ3) is 3.44. The van der Waals surface area contributed by atoms with Crippen molar-refractivity contribution in [3.63, 3.8) is 0 Å². The van der Waals surface area contributed by atoms with Crippen LogP contribution in [-0.2, 0) is 6.42 Å². The molecule has 3 heteroatoms. The van der Waals surface area contributed by atoms with Crippen molar-refractivity contribution < 1.29 is 8.81 Å². The topological polar surface area (TPSA) is 39.2 Å². The van der Waals surface area contributed by atoms with Gasteiger partial charge in [-0.2, -0.15) is 0 Å². The molecule has 1 aromatic heterocycles. The van der Waals surface area contributed by atoms with Crippen molar-refractivity contribution in [1.82, 2.24) is 0 Å². The van der Waals surface area contributed by atoms with E-state index in [0.717, 1.165) is 30.6 Å². The molecule has 1 unspecified atom stereocenters. The molecule has 0 aliphatic carbocycles. The molecule has 0 bridgehead atoms. The molecule has 0 saturated heterocycles. The molecule has 18 heavy (non-hydrogen) atoms. The Hall–Kier alpha value is -1.61. The van der Waals surface area contributed by atoms with Gasteiger partial charge in [-0.25, -0.2) is 4.39 Å². The van der Waals surface area contributed by atoms with Crippen LogP contribution in [0.5, 0.6) is 0 Å². The first kappa shape index (κ1) is 12.8. The number of hydrogen-bond donors (Lipinski definition) is 1. The molecule has 0 amide bonds. The lowest BCUT2D eigenvalue weighted by atomic mass is 9.91. The van der Waals surface area contributed by atoms with E-state index >= 15 is 0 Å². The number of nitrogens with two attached hydrogens (primary N) is 1. The summed E-state index contributed by atoms with van der Waals surface area (Å²) >= 11 is 0. The summed E-state index contributed by atoms with van der Waals surface area (Å²) < 4.78 is 18.2. The van der Waals surface area contributed by atoms with Gasteiger partial charge in [-0.3, -0.25) is 0 Å². The van der Waals surface area contributed by atoms with Crippen LogP contribution in [-0.4, -0.2) is 6.54 Å². The highest BCUT2D eigenvalue weighted by Crippen LogP contribution is 2.25. The normalized spacial score (nSPS) is 12.6. The molecule has 0 aliphatic heterocycles. The summed E-state index contributed by atoms with van der Waals surface area (Å²) in [5, 5.41) is 0. The van der Waals surface area contributed by atoms with Gasteiger partial charge >= 0.3 is 0 Å². The van der Waals surface area contributed by atoms with Crippen molar-refractivity contribution in [1.29, 1.82) is 0 Å². The molecule has 2 aromatic rings. The zero-order valence-electron chi connectivity index (χ0n) is 10.3. The van der Waals surface area contributed by atoms with E-state index in [1.54, 1.807) is 6.26 Å². The van der Waals surface area contributed by atoms with Crippen LogP contribution in [0.15, 0.2) is 47.1 Å². The summed E-state index contributed by atoms with van der Waals surface area (Å²) in [7, 11) is 0. The fourth-order valence-electron chi connectivity index (χ4n) is 2.19. The molecule has 1 atom stereocenters. The van der Waals surface area contributed by atoms with E-state index in [1.807, 2.05) is 24.3 Å². The van der Waals surface area contributed by atoms with Crippen LogP contribution in [0.4, 0.5) is 4.39 Å². The minimum Gasteiger partial charge on any atom is -0.469 e. The minimum atomic E-state index is -0.198. The van der Waals surface area contributed by atoms with Gasteiger partial charge in [0.25, 0.3) is 0 Å². The fourth-order valence-corrected chi connectivity index (χ4v) is 2.19. The Morgan fingerprint density at radius 3 is 2.50 bits per heavy atom. The van der Waals surface area contributed by atoms with E-state index in [9.17, 15) is 4.39 Å². The number of hydrogen-bond acceptors (Lipinski definition) is 2. The SMILES string of the molecule is NCCC(CCc1ccco1)c1ccc(F)cc1. The molecule has 1 heterocycles. The predicted molar refractivity (Wildman–Crippen MR) is 69.8 cm³/mol. The first-order chi connectivity index (χ1) is 8.79. The molecule has 0 saturated carbocycles. The molecule has 1 aromatic carbocycles. The van der Waals surface area contributed by atoms with Gasteiger partial charge in [0, 0.05) is 6.42 Å². The van der Waals surface area contributed by atoms with Gasteiger partial charge in [0.05, 0.1) is 6.26 Å². The van der Waals surface area contributed by atoms with Gasteiger partial charge < -0.3 is 10.2 Å². The maximum atomic E-state index is 12.9. The average molecular weight is 247 g/mol. The van der Waals surface area contributed by atoms with Crippen molar-refractivity contribution in [2.75, 3.05) is 6.54 Å². The third-order valence-electron chi connectivity index (χ3n) is 3.18. The van der Waals surface area contributed by atoms with Crippen molar-refractivity contribution in [3.05, 3.63) is 59.8 Å². The van der Waals surface area contributed by atoms with Crippen LogP contribution in [0.3, 0.4) is 0 Å². The molecule has 2 rings (SSSR count). The summed E-state index contributed by atoms with van der Waals surface area (Å²) in [5.74, 6) is 1.15. The number of furan rings is 1. The minimum absolute atomic E-state index is 0.198. The summed E-state index contributed by atoms with van der Waals surface area (Å²) in [6.45, 7) is 0.639. The Bertz CT molecular complexity index is 450. The number of halogens is 1. The van der Waals surface area contributed by atoms with E-state index in [4.69, 9.17) is 10.2 Å². The second kappa shape index (κ2) is 6.36. The standard InChI is InChI=1S/C15H18FNO/c16-14-6-3-12(4-7-14)13(9-10-17)5-8-15-2-1-11-18-15/h1-4,6-7,11,13H,5,8-10,17H2. The Morgan fingerprint density at radius 2 is 1.89 bits per heavy atom. The van der Waals surface area contributed by atoms with Gasteiger partial charge in [-0.05, 0) is 55.1 Å². The highest BCUT2D eigenvalue weighted by molar-refractivity contribution is 5.20. The van der Waals surface area contributed by atoms with Crippen LogP contribution in [0.25, 0.3) is 0 Å². The number of rotatable bonds is 6. The highest BCUT2D eigenvalue weighted by Gasteiger charge is 2.11. The second-order valence-corrected chi connectivity index (χ2v) is 4.44. The summed E-state index contributed by atoms with van der Waals surface area (Å²) in [4.78, 5) is 0. The van der Waals surface area contributed by atoms with Crippen molar-refractivity contribution in [2.24, 2.45) is 5.73 Å². The Kier molecular flexibility index (Phi) is 4.53. The van der Waals surface area contributed by atoms with E-state index in [2.05, 4.69) is 0 Å². The lowest BCUT2D eigenvalue weighted by Crippen LogP contribution is -2.08. The molecule has 0 spiro atoms. The zero-order valence-corrected chi connectivity index (χ0v) is 10.3. The van der Waals surface area contributed by atoms with E-state index in [1.165, 1.54) is 12.1 Å². The lowest BCUT2D eigenvalue weighted by molar-refractivity contribution is 0.479. The van der Waals surface area contributed by atoms with Crippen molar-refractivity contribution in [2.45, 2.75) is 25.2 Å².